The highest BCUT2D eigenvalue weighted by Gasteiger charge is 2.20. The van der Waals surface area contributed by atoms with Crippen LogP contribution in [0.2, 0.25) is 0 Å². The van der Waals surface area contributed by atoms with Crippen LogP contribution in [0.25, 0.3) is 11.3 Å². The molecule has 0 atom stereocenters. The average Bonchev–Trinajstić information content (AvgIpc) is 3.36. The number of carbonyl (C=O) groups excluding carboxylic acids is 1. The second kappa shape index (κ2) is 8.55. The topological polar surface area (TPSA) is 70.2 Å². The van der Waals surface area contributed by atoms with Crippen molar-refractivity contribution >= 4 is 5.78 Å². The molecule has 0 aliphatic heterocycles. The van der Waals surface area contributed by atoms with Gasteiger partial charge in [-0.05, 0) is 43.7 Å². The number of para-hydroxylation sites is 1. The number of ketones is 1. The van der Waals surface area contributed by atoms with Crippen LogP contribution in [0.4, 0.5) is 4.39 Å². The van der Waals surface area contributed by atoms with Crippen molar-refractivity contribution in [2.24, 2.45) is 0 Å². The van der Waals surface area contributed by atoms with Gasteiger partial charge in [-0.1, -0.05) is 29.4 Å². The highest BCUT2D eigenvalue weighted by molar-refractivity contribution is 5.96. The molecule has 158 valence electrons. The summed E-state index contributed by atoms with van der Waals surface area (Å²) in [5, 5.41) is 8.52. The number of hydrogen-bond donors (Lipinski definition) is 0. The molecule has 31 heavy (non-hydrogen) atoms. The fourth-order valence-electron chi connectivity index (χ4n) is 3.54. The number of Topliss-reactive ketones (excluding diaryl/α,β-unsaturated/α-hetero) is 1. The van der Waals surface area contributed by atoms with Crippen LogP contribution in [0.3, 0.4) is 0 Å². The number of nitrogens with zero attached hydrogens (tertiary/aromatic N) is 3. The van der Waals surface area contributed by atoms with Gasteiger partial charge in [-0.25, -0.2) is 4.39 Å². The van der Waals surface area contributed by atoms with Crippen molar-refractivity contribution < 1.29 is 18.4 Å². The van der Waals surface area contributed by atoms with Gasteiger partial charge in [-0.15, -0.1) is 0 Å². The number of aryl methyl sites for hydroxylation is 1. The predicted octanol–water partition coefficient (Wildman–Crippen LogP) is 4.78. The summed E-state index contributed by atoms with van der Waals surface area (Å²) in [4.78, 5) is 12.9. The van der Waals surface area contributed by atoms with Gasteiger partial charge in [0.25, 0.3) is 0 Å². The van der Waals surface area contributed by atoms with E-state index in [1.165, 1.54) is 12.1 Å². The van der Waals surface area contributed by atoms with Crippen LogP contribution in [-0.4, -0.2) is 27.8 Å². The summed E-state index contributed by atoms with van der Waals surface area (Å²) in [7, 11) is 1.58. The molecule has 2 aromatic heterocycles. The zero-order chi connectivity index (χ0) is 22.0. The minimum absolute atomic E-state index is 0.155. The second-order valence-corrected chi connectivity index (χ2v) is 7.31. The van der Waals surface area contributed by atoms with Gasteiger partial charge in [-0.2, -0.15) is 5.10 Å². The highest BCUT2D eigenvalue weighted by atomic mass is 19.1. The Morgan fingerprint density at radius 3 is 2.61 bits per heavy atom. The van der Waals surface area contributed by atoms with Crippen molar-refractivity contribution in [2.45, 2.75) is 26.8 Å². The lowest BCUT2D eigenvalue weighted by atomic mass is 10.0. The molecule has 0 amide bonds. The predicted molar refractivity (Wildman–Crippen MR) is 114 cm³/mol. The molecular formula is C24H22FN3O3. The molecule has 4 aromatic rings. The molecule has 0 radical (unpaired) electrons. The Kier molecular flexibility index (Phi) is 5.66. The van der Waals surface area contributed by atoms with E-state index in [1.54, 1.807) is 25.3 Å². The van der Waals surface area contributed by atoms with E-state index < -0.39 is 0 Å². The van der Waals surface area contributed by atoms with E-state index in [0.29, 0.717) is 18.1 Å². The molecule has 0 spiro atoms. The minimum atomic E-state index is -0.275. The van der Waals surface area contributed by atoms with Gasteiger partial charge in [0.05, 0.1) is 24.9 Å². The zero-order valence-corrected chi connectivity index (χ0v) is 17.6. The van der Waals surface area contributed by atoms with Crippen LogP contribution in [0.15, 0.2) is 59.1 Å². The number of rotatable bonds is 7. The molecule has 6 nitrogen and oxygen atoms in total. The van der Waals surface area contributed by atoms with Crippen molar-refractivity contribution in [3.8, 4) is 17.1 Å². The maximum Gasteiger partial charge on any atom is 0.189 e. The Hall–Kier alpha value is -3.74. The third-order valence-electron chi connectivity index (χ3n) is 5.28. The summed E-state index contributed by atoms with van der Waals surface area (Å²) in [6.07, 6.45) is 0.166. The molecule has 0 aliphatic rings. The van der Waals surface area contributed by atoms with Crippen molar-refractivity contribution in [1.82, 2.24) is 14.9 Å². The van der Waals surface area contributed by atoms with Crippen molar-refractivity contribution in [3.63, 3.8) is 0 Å². The summed E-state index contributed by atoms with van der Waals surface area (Å²) in [6.45, 7) is 4.30. The molecule has 0 saturated heterocycles. The molecule has 0 aliphatic carbocycles. The van der Waals surface area contributed by atoms with Crippen molar-refractivity contribution in [1.29, 1.82) is 0 Å². The number of aromatic nitrogens is 3. The van der Waals surface area contributed by atoms with E-state index >= 15 is 0 Å². The summed E-state index contributed by atoms with van der Waals surface area (Å²) in [5.74, 6) is 0.689. The number of benzene rings is 2. The standard InChI is InChI=1S/C24H22FN3O3/c1-15-20(16(2)28(26-15)14-17-8-10-18(25)11-9-17)12-22(29)21-13-24(31-27-21)19-6-4-5-7-23(19)30-3/h4-11,13H,12,14H2,1-3H3. The van der Waals surface area contributed by atoms with E-state index in [0.717, 1.165) is 28.1 Å². The van der Waals surface area contributed by atoms with Crippen LogP contribution in [0.5, 0.6) is 5.75 Å². The molecule has 2 heterocycles. The van der Waals surface area contributed by atoms with E-state index in [4.69, 9.17) is 9.26 Å². The molecule has 0 bridgehead atoms. The molecular weight excluding hydrogens is 397 g/mol. The quantitative estimate of drug-likeness (QED) is 0.403. The minimum Gasteiger partial charge on any atom is -0.496 e. The van der Waals surface area contributed by atoms with E-state index in [1.807, 2.05) is 42.8 Å². The summed E-state index contributed by atoms with van der Waals surface area (Å²) in [6, 6.07) is 15.3. The number of ether oxygens (including phenoxy) is 1. The number of halogens is 1. The van der Waals surface area contributed by atoms with Crippen LogP contribution >= 0.6 is 0 Å². The van der Waals surface area contributed by atoms with Gasteiger partial charge < -0.3 is 9.26 Å². The summed E-state index contributed by atoms with van der Waals surface area (Å²) in [5.41, 5.74) is 4.45. The first kappa shape index (κ1) is 20.5. The summed E-state index contributed by atoms with van der Waals surface area (Å²) < 4.78 is 25.7. The van der Waals surface area contributed by atoms with Gasteiger partial charge >= 0.3 is 0 Å². The average molecular weight is 419 g/mol. The molecule has 2 aromatic carbocycles. The third-order valence-corrected chi connectivity index (χ3v) is 5.28. The highest BCUT2D eigenvalue weighted by Crippen LogP contribution is 2.30. The Bertz CT molecular complexity index is 1230. The number of carbonyl (C=O) groups is 1. The maximum atomic E-state index is 13.1. The van der Waals surface area contributed by atoms with Crippen LogP contribution in [0, 0.1) is 19.7 Å². The first-order chi connectivity index (χ1) is 15.0. The van der Waals surface area contributed by atoms with Gasteiger partial charge in [0.1, 0.15) is 11.6 Å². The molecule has 4 rings (SSSR count). The second-order valence-electron chi connectivity index (χ2n) is 7.31. The molecule has 0 N–H and O–H groups in total. The van der Waals surface area contributed by atoms with Gasteiger partial charge in [0.15, 0.2) is 17.2 Å². The molecule has 0 unspecified atom stereocenters. The monoisotopic (exact) mass is 419 g/mol. The largest absolute Gasteiger partial charge is 0.496 e. The Balaban J connectivity index is 1.53. The molecule has 7 heteroatoms. The van der Waals surface area contributed by atoms with E-state index in [2.05, 4.69) is 10.3 Å². The number of hydrogen-bond acceptors (Lipinski definition) is 5. The lowest BCUT2D eigenvalue weighted by Gasteiger charge is -2.05. The lowest BCUT2D eigenvalue weighted by Crippen LogP contribution is -2.07. The smallest absolute Gasteiger partial charge is 0.189 e. The van der Waals surface area contributed by atoms with Crippen LogP contribution in [-0.2, 0) is 13.0 Å². The Labute approximate surface area is 179 Å². The zero-order valence-electron chi connectivity index (χ0n) is 17.6. The van der Waals surface area contributed by atoms with Crippen LogP contribution < -0.4 is 4.74 Å². The normalized spacial score (nSPS) is 11.0. The fraction of sp³-hybridized carbons (Fsp3) is 0.208. The van der Waals surface area contributed by atoms with Crippen LogP contribution in [0.1, 0.15) is 33.0 Å². The third kappa shape index (κ3) is 4.26. The Morgan fingerprint density at radius 1 is 1.13 bits per heavy atom. The van der Waals surface area contributed by atoms with Gasteiger partial charge in [-0.3, -0.25) is 9.48 Å². The van der Waals surface area contributed by atoms with E-state index in [9.17, 15) is 9.18 Å². The fourth-order valence-corrected chi connectivity index (χ4v) is 3.54. The van der Waals surface area contributed by atoms with Gasteiger partial charge in [0.2, 0.25) is 0 Å². The van der Waals surface area contributed by atoms with Crippen molar-refractivity contribution in [3.05, 3.63) is 88.6 Å². The SMILES string of the molecule is COc1ccccc1-c1cc(C(=O)Cc2c(C)nn(Cc3ccc(F)cc3)c2C)no1. The summed E-state index contributed by atoms with van der Waals surface area (Å²) >= 11 is 0. The maximum absolute atomic E-state index is 13.1. The van der Waals surface area contributed by atoms with Crippen molar-refractivity contribution in [2.75, 3.05) is 7.11 Å². The first-order valence-corrected chi connectivity index (χ1v) is 9.87. The van der Waals surface area contributed by atoms with E-state index in [-0.39, 0.29) is 23.7 Å². The molecule has 0 saturated carbocycles. The lowest BCUT2D eigenvalue weighted by molar-refractivity contribution is 0.0984. The Morgan fingerprint density at radius 2 is 1.87 bits per heavy atom. The van der Waals surface area contributed by atoms with Gasteiger partial charge in [0, 0.05) is 23.7 Å². The molecule has 0 fully saturated rings. The first-order valence-electron chi connectivity index (χ1n) is 9.87. The number of methoxy groups -OCH3 is 1.